The van der Waals surface area contributed by atoms with Gasteiger partial charge in [-0.3, -0.25) is 0 Å². The highest BCUT2D eigenvalue weighted by atomic mass is 35.5. The fraction of sp³-hybridized carbons (Fsp3) is 0.217. The second-order valence-corrected chi connectivity index (χ2v) is 8.65. The van der Waals surface area contributed by atoms with Gasteiger partial charge < -0.3 is 0 Å². The number of thiophene rings is 1. The van der Waals surface area contributed by atoms with Crippen LogP contribution in [0.15, 0.2) is 47.8 Å². The highest BCUT2D eigenvalue weighted by Crippen LogP contribution is 2.38. The zero-order valence-corrected chi connectivity index (χ0v) is 18.3. The zero-order valence-electron chi connectivity index (χ0n) is 16.7. The third-order valence-electron chi connectivity index (χ3n) is 5.07. The molecule has 0 radical (unpaired) electrons. The summed E-state index contributed by atoms with van der Waals surface area (Å²) in [5.74, 6) is 1.06. The number of benzene rings is 2. The van der Waals surface area contributed by atoms with Crippen molar-refractivity contribution < 1.29 is 4.39 Å². The van der Waals surface area contributed by atoms with E-state index in [4.69, 9.17) is 11.6 Å². The molecule has 0 atom stereocenters. The normalized spacial score (nSPS) is 11.4. The average Bonchev–Trinajstić information content (AvgIpc) is 3.24. The Balaban J connectivity index is 1.75. The van der Waals surface area contributed by atoms with Gasteiger partial charge in [0.2, 0.25) is 0 Å². The second-order valence-electron chi connectivity index (χ2n) is 7.36. The van der Waals surface area contributed by atoms with Crippen molar-refractivity contribution in [2.45, 2.75) is 26.7 Å². The molecule has 4 aromatic rings. The SMILES string of the molecule is Cc1c(-c2nc(-c3c(F)cccc3Cl)nn2C)csc1-c1ccc(C(C)C)cc1. The molecule has 0 saturated heterocycles. The van der Waals surface area contributed by atoms with Crippen molar-refractivity contribution >= 4 is 22.9 Å². The number of nitrogens with zero attached hydrogens (tertiary/aromatic N) is 3. The summed E-state index contributed by atoms with van der Waals surface area (Å²) in [6.45, 7) is 6.47. The molecule has 3 nitrogen and oxygen atoms in total. The maximum atomic E-state index is 14.3. The van der Waals surface area contributed by atoms with Crippen LogP contribution in [0.1, 0.15) is 30.9 Å². The van der Waals surface area contributed by atoms with Gasteiger partial charge in [0.1, 0.15) is 5.82 Å². The van der Waals surface area contributed by atoms with E-state index in [2.05, 4.69) is 60.5 Å². The Labute approximate surface area is 178 Å². The molecule has 0 aliphatic carbocycles. The van der Waals surface area contributed by atoms with Crippen molar-refractivity contribution in [2.24, 2.45) is 7.05 Å². The molecule has 0 unspecified atom stereocenters. The molecule has 0 fully saturated rings. The van der Waals surface area contributed by atoms with Crippen molar-refractivity contribution in [2.75, 3.05) is 0 Å². The van der Waals surface area contributed by atoms with Crippen LogP contribution in [0.4, 0.5) is 4.39 Å². The molecule has 0 aliphatic heterocycles. The second kappa shape index (κ2) is 7.73. The highest BCUT2D eigenvalue weighted by molar-refractivity contribution is 7.14. The molecule has 148 valence electrons. The molecule has 4 rings (SSSR count). The molecule has 0 saturated carbocycles. The molecule has 29 heavy (non-hydrogen) atoms. The molecule has 0 aliphatic rings. The number of halogens is 2. The topological polar surface area (TPSA) is 30.7 Å². The summed E-state index contributed by atoms with van der Waals surface area (Å²) >= 11 is 7.87. The molecule has 2 heterocycles. The van der Waals surface area contributed by atoms with Crippen molar-refractivity contribution in [3.05, 3.63) is 69.8 Å². The molecule has 0 bridgehead atoms. The van der Waals surface area contributed by atoms with Crippen LogP contribution in [0.2, 0.25) is 5.02 Å². The summed E-state index contributed by atoms with van der Waals surface area (Å²) in [6.07, 6.45) is 0. The predicted octanol–water partition coefficient (Wildman–Crippen LogP) is 7.10. The molecule has 0 amide bonds. The lowest BCUT2D eigenvalue weighted by Gasteiger charge is -2.07. The van der Waals surface area contributed by atoms with Crippen molar-refractivity contribution in [1.82, 2.24) is 14.8 Å². The predicted molar refractivity (Wildman–Crippen MR) is 119 cm³/mol. The Hall–Kier alpha value is -2.50. The number of aromatic nitrogens is 3. The lowest BCUT2D eigenvalue weighted by atomic mass is 10.00. The summed E-state index contributed by atoms with van der Waals surface area (Å²) in [5, 5.41) is 6.80. The summed E-state index contributed by atoms with van der Waals surface area (Å²) in [6, 6.07) is 13.3. The zero-order chi connectivity index (χ0) is 20.7. The smallest absolute Gasteiger partial charge is 0.186 e. The van der Waals surface area contributed by atoms with Gasteiger partial charge in [0.15, 0.2) is 11.6 Å². The summed E-state index contributed by atoms with van der Waals surface area (Å²) in [4.78, 5) is 5.81. The fourth-order valence-corrected chi connectivity index (χ4v) is 4.70. The van der Waals surface area contributed by atoms with Gasteiger partial charge in [-0.1, -0.05) is 55.8 Å². The van der Waals surface area contributed by atoms with Crippen LogP contribution >= 0.6 is 22.9 Å². The molecular weight excluding hydrogens is 405 g/mol. The molecule has 6 heteroatoms. The van der Waals surface area contributed by atoms with E-state index in [-0.39, 0.29) is 5.56 Å². The van der Waals surface area contributed by atoms with Crippen LogP contribution < -0.4 is 0 Å². The first-order valence-corrected chi connectivity index (χ1v) is 10.7. The first-order chi connectivity index (χ1) is 13.9. The third-order valence-corrected chi connectivity index (χ3v) is 6.52. The Morgan fingerprint density at radius 1 is 1.10 bits per heavy atom. The maximum Gasteiger partial charge on any atom is 0.186 e. The minimum Gasteiger partial charge on any atom is -0.248 e. The van der Waals surface area contributed by atoms with E-state index in [0.717, 1.165) is 11.1 Å². The van der Waals surface area contributed by atoms with E-state index < -0.39 is 5.82 Å². The van der Waals surface area contributed by atoms with Crippen LogP contribution in [0, 0.1) is 12.7 Å². The molecular formula is C23H21ClFN3S. The Kier molecular flexibility index (Phi) is 5.28. The van der Waals surface area contributed by atoms with E-state index in [1.165, 1.54) is 22.1 Å². The third kappa shape index (κ3) is 3.61. The first kappa shape index (κ1) is 19.8. The molecule has 2 aromatic carbocycles. The van der Waals surface area contributed by atoms with Gasteiger partial charge in [-0.2, -0.15) is 5.10 Å². The van der Waals surface area contributed by atoms with E-state index in [9.17, 15) is 4.39 Å². The Morgan fingerprint density at radius 2 is 1.83 bits per heavy atom. The lowest BCUT2D eigenvalue weighted by molar-refractivity contribution is 0.629. The summed E-state index contributed by atoms with van der Waals surface area (Å²) < 4.78 is 16.0. The van der Waals surface area contributed by atoms with Crippen molar-refractivity contribution in [3.8, 4) is 33.2 Å². The van der Waals surface area contributed by atoms with Crippen LogP contribution in [-0.2, 0) is 7.05 Å². The van der Waals surface area contributed by atoms with Gasteiger partial charge in [-0.15, -0.1) is 11.3 Å². The van der Waals surface area contributed by atoms with E-state index in [0.29, 0.717) is 22.6 Å². The standard InChI is InChI=1S/C23H21ClFN3S/c1-13(2)15-8-10-16(11-9-15)21-14(3)17(12-29-21)23-26-22(27-28(23)4)20-18(24)6-5-7-19(20)25/h5-13H,1-4H3. The number of rotatable bonds is 4. The number of aryl methyl sites for hydroxylation is 1. The molecule has 0 spiro atoms. The minimum absolute atomic E-state index is 0.230. The van der Waals surface area contributed by atoms with E-state index in [1.54, 1.807) is 28.2 Å². The average molecular weight is 426 g/mol. The van der Waals surface area contributed by atoms with Crippen molar-refractivity contribution in [1.29, 1.82) is 0 Å². The van der Waals surface area contributed by atoms with Gasteiger partial charge in [0, 0.05) is 22.9 Å². The number of hydrogen-bond donors (Lipinski definition) is 0. The Bertz CT molecular complexity index is 1160. The maximum absolute atomic E-state index is 14.3. The monoisotopic (exact) mass is 425 g/mol. The highest BCUT2D eigenvalue weighted by Gasteiger charge is 2.20. The first-order valence-electron chi connectivity index (χ1n) is 9.41. The largest absolute Gasteiger partial charge is 0.248 e. The van der Waals surface area contributed by atoms with Crippen LogP contribution in [-0.4, -0.2) is 14.8 Å². The fourth-order valence-electron chi connectivity index (χ4n) is 3.38. The molecule has 2 aromatic heterocycles. The van der Waals surface area contributed by atoms with Gasteiger partial charge in [-0.25, -0.2) is 14.1 Å². The van der Waals surface area contributed by atoms with Gasteiger partial charge in [-0.05, 0) is 41.7 Å². The van der Waals surface area contributed by atoms with Crippen molar-refractivity contribution in [3.63, 3.8) is 0 Å². The van der Waals surface area contributed by atoms with Gasteiger partial charge in [0.05, 0.1) is 10.6 Å². The minimum atomic E-state index is -0.428. The van der Waals surface area contributed by atoms with Crippen LogP contribution in [0.25, 0.3) is 33.2 Å². The van der Waals surface area contributed by atoms with E-state index in [1.807, 2.05) is 7.05 Å². The van der Waals surface area contributed by atoms with Gasteiger partial charge >= 0.3 is 0 Å². The van der Waals surface area contributed by atoms with E-state index >= 15 is 0 Å². The van der Waals surface area contributed by atoms with Crippen LogP contribution in [0.5, 0.6) is 0 Å². The summed E-state index contributed by atoms with van der Waals surface area (Å²) in [5.41, 5.74) is 4.86. The number of hydrogen-bond acceptors (Lipinski definition) is 3. The Morgan fingerprint density at radius 3 is 2.48 bits per heavy atom. The quantitative estimate of drug-likeness (QED) is 0.349. The molecule has 0 N–H and O–H groups in total. The summed E-state index contributed by atoms with van der Waals surface area (Å²) in [7, 11) is 1.81. The van der Waals surface area contributed by atoms with Crippen LogP contribution in [0.3, 0.4) is 0 Å². The van der Waals surface area contributed by atoms with Gasteiger partial charge in [0.25, 0.3) is 0 Å². The lowest BCUT2D eigenvalue weighted by Crippen LogP contribution is -1.95.